The normalized spacial score (nSPS) is 10.4. The number of carbonyl (C=O) groups is 1. The van der Waals surface area contributed by atoms with Gasteiger partial charge in [0.15, 0.2) is 0 Å². The highest BCUT2D eigenvalue weighted by Crippen LogP contribution is 2.19. The van der Waals surface area contributed by atoms with Gasteiger partial charge in [0, 0.05) is 24.0 Å². The molecule has 1 amide bonds. The van der Waals surface area contributed by atoms with Crippen LogP contribution in [0.5, 0.6) is 5.75 Å². The Morgan fingerprint density at radius 2 is 1.96 bits per heavy atom. The summed E-state index contributed by atoms with van der Waals surface area (Å²) in [6.07, 6.45) is 2.46. The van der Waals surface area contributed by atoms with Crippen LogP contribution in [0.3, 0.4) is 0 Å². The zero-order valence-corrected chi connectivity index (χ0v) is 16.3. The van der Waals surface area contributed by atoms with Crippen LogP contribution in [0.1, 0.15) is 34.1 Å². The van der Waals surface area contributed by atoms with Crippen LogP contribution in [-0.2, 0) is 13.0 Å². The van der Waals surface area contributed by atoms with Crippen molar-refractivity contribution in [1.29, 1.82) is 0 Å². The highest BCUT2D eigenvalue weighted by Gasteiger charge is 2.13. The lowest BCUT2D eigenvalue weighted by atomic mass is 10.1. The van der Waals surface area contributed by atoms with Crippen molar-refractivity contribution in [2.24, 2.45) is 0 Å². The first-order valence-electron chi connectivity index (χ1n) is 9.20. The fraction of sp³-hybridized carbons (Fsp3) is 0.227. The van der Waals surface area contributed by atoms with Gasteiger partial charge in [0.05, 0.1) is 18.4 Å². The maximum atomic E-state index is 12.6. The van der Waals surface area contributed by atoms with Gasteiger partial charge in [-0.05, 0) is 37.1 Å². The molecule has 6 nitrogen and oxygen atoms in total. The number of carbonyl (C=O) groups excluding carboxylic acids is 1. The molecule has 2 N–H and O–H groups in total. The van der Waals surface area contributed by atoms with Gasteiger partial charge in [-0.15, -0.1) is 0 Å². The van der Waals surface area contributed by atoms with Crippen LogP contribution in [0.2, 0.25) is 0 Å². The number of para-hydroxylation sites is 1. The number of amides is 1. The lowest BCUT2D eigenvalue weighted by molar-refractivity contribution is 0.102. The van der Waals surface area contributed by atoms with E-state index in [0.29, 0.717) is 23.8 Å². The van der Waals surface area contributed by atoms with Crippen molar-refractivity contribution < 1.29 is 9.53 Å². The van der Waals surface area contributed by atoms with E-state index in [1.807, 2.05) is 48.5 Å². The molecule has 1 aromatic heterocycles. The number of aryl methyl sites for hydroxylation is 2. The summed E-state index contributed by atoms with van der Waals surface area (Å²) in [6.45, 7) is 4.40. The third kappa shape index (κ3) is 4.65. The maximum Gasteiger partial charge on any atom is 0.259 e. The summed E-state index contributed by atoms with van der Waals surface area (Å²) < 4.78 is 5.35. The molecule has 3 rings (SSSR count). The summed E-state index contributed by atoms with van der Waals surface area (Å²) in [5.41, 5.74) is 4.00. The van der Waals surface area contributed by atoms with Crippen molar-refractivity contribution in [2.45, 2.75) is 26.8 Å². The maximum absolute atomic E-state index is 12.6. The van der Waals surface area contributed by atoms with E-state index in [0.717, 1.165) is 23.4 Å². The molecule has 0 saturated heterocycles. The first-order valence-corrected chi connectivity index (χ1v) is 9.20. The molecule has 2 aromatic carbocycles. The molecule has 0 fully saturated rings. The monoisotopic (exact) mass is 376 g/mol. The number of rotatable bonds is 7. The number of aromatic nitrogens is 2. The molecule has 0 bridgehead atoms. The number of ether oxygens (including phenoxy) is 1. The smallest absolute Gasteiger partial charge is 0.259 e. The Hall–Kier alpha value is -3.41. The van der Waals surface area contributed by atoms with Crippen molar-refractivity contribution in [3.05, 3.63) is 77.1 Å². The summed E-state index contributed by atoms with van der Waals surface area (Å²) >= 11 is 0. The molecular formula is C22H24N4O2. The second kappa shape index (κ2) is 8.99. The van der Waals surface area contributed by atoms with Gasteiger partial charge in [0.1, 0.15) is 5.75 Å². The molecule has 0 saturated carbocycles. The minimum Gasteiger partial charge on any atom is -0.496 e. The predicted molar refractivity (Wildman–Crippen MR) is 111 cm³/mol. The standard InChI is InChI=1S/C22H24N4O2/c1-4-16-8-7-10-18(12-16)26-21(27)19-14-24-22(25-15(19)2)23-13-17-9-5-6-11-20(17)28-3/h5-12,14H,4,13H2,1-3H3,(H,26,27)(H,23,24,25). The Balaban J connectivity index is 1.68. The highest BCUT2D eigenvalue weighted by molar-refractivity contribution is 6.04. The van der Waals surface area contributed by atoms with Gasteiger partial charge in [-0.3, -0.25) is 4.79 Å². The van der Waals surface area contributed by atoms with Crippen molar-refractivity contribution in [1.82, 2.24) is 9.97 Å². The molecule has 1 heterocycles. The topological polar surface area (TPSA) is 76.1 Å². The van der Waals surface area contributed by atoms with Gasteiger partial charge in [0.25, 0.3) is 5.91 Å². The predicted octanol–water partition coefficient (Wildman–Crippen LogP) is 4.22. The van der Waals surface area contributed by atoms with E-state index in [1.165, 1.54) is 5.56 Å². The van der Waals surface area contributed by atoms with Crippen molar-refractivity contribution in [3.63, 3.8) is 0 Å². The number of methoxy groups -OCH3 is 1. The van der Waals surface area contributed by atoms with Crippen molar-refractivity contribution >= 4 is 17.5 Å². The van der Waals surface area contributed by atoms with Crippen LogP contribution in [0, 0.1) is 6.92 Å². The molecule has 6 heteroatoms. The lowest BCUT2D eigenvalue weighted by Crippen LogP contribution is -2.16. The van der Waals surface area contributed by atoms with Gasteiger partial charge in [-0.2, -0.15) is 0 Å². The van der Waals surface area contributed by atoms with Crippen molar-refractivity contribution in [2.75, 3.05) is 17.7 Å². The quantitative estimate of drug-likeness (QED) is 0.646. The van der Waals surface area contributed by atoms with E-state index < -0.39 is 0 Å². The fourth-order valence-corrected chi connectivity index (χ4v) is 2.87. The lowest BCUT2D eigenvalue weighted by Gasteiger charge is -2.11. The average molecular weight is 376 g/mol. The highest BCUT2D eigenvalue weighted by atomic mass is 16.5. The van der Waals surface area contributed by atoms with Crippen LogP contribution in [0.4, 0.5) is 11.6 Å². The molecule has 0 aliphatic carbocycles. The number of hydrogen-bond acceptors (Lipinski definition) is 5. The zero-order valence-electron chi connectivity index (χ0n) is 16.3. The van der Waals surface area contributed by atoms with Crippen LogP contribution < -0.4 is 15.4 Å². The van der Waals surface area contributed by atoms with E-state index in [1.54, 1.807) is 20.2 Å². The van der Waals surface area contributed by atoms with E-state index in [9.17, 15) is 4.79 Å². The van der Waals surface area contributed by atoms with Gasteiger partial charge in [-0.1, -0.05) is 37.3 Å². The first-order chi connectivity index (χ1) is 13.6. The van der Waals surface area contributed by atoms with Crippen LogP contribution in [0.15, 0.2) is 54.7 Å². The Bertz CT molecular complexity index is 972. The fourth-order valence-electron chi connectivity index (χ4n) is 2.87. The SMILES string of the molecule is CCc1cccc(NC(=O)c2cnc(NCc3ccccc3OC)nc2C)c1. The first kappa shape index (κ1) is 19.4. The van der Waals surface area contributed by atoms with E-state index in [4.69, 9.17) is 4.74 Å². The number of benzene rings is 2. The number of anilines is 2. The summed E-state index contributed by atoms with van der Waals surface area (Å²) in [5.74, 6) is 1.05. The van der Waals surface area contributed by atoms with Crippen LogP contribution in [0.25, 0.3) is 0 Å². The molecule has 0 radical (unpaired) electrons. The summed E-state index contributed by atoms with van der Waals surface area (Å²) in [7, 11) is 1.64. The van der Waals surface area contributed by atoms with E-state index >= 15 is 0 Å². The van der Waals surface area contributed by atoms with E-state index in [-0.39, 0.29) is 5.91 Å². The third-order valence-electron chi connectivity index (χ3n) is 4.45. The van der Waals surface area contributed by atoms with Crippen LogP contribution in [-0.4, -0.2) is 23.0 Å². The molecule has 0 aliphatic rings. The molecule has 3 aromatic rings. The Kier molecular flexibility index (Phi) is 6.22. The largest absolute Gasteiger partial charge is 0.496 e. The molecule has 0 spiro atoms. The van der Waals surface area contributed by atoms with Crippen LogP contribution >= 0.6 is 0 Å². The molecule has 28 heavy (non-hydrogen) atoms. The minimum atomic E-state index is -0.220. The summed E-state index contributed by atoms with van der Waals surface area (Å²) in [4.78, 5) is 21.3. The molecule has 0 aliphatic heterocycles. The Labute approximate surface area is 165 Å². The minimum absolute atomic E-state index is 0.220. The second-order valence-corrected chi connectivity index (χ2v) is 6.37. The zero-order chi connectivity index (χ0) is 19.9. The number of nitrogens with zero attached hydrogens (tertiary/aromatic N) is 2. The average Bonchev–Trinajstić information content (AvgIpc) is 2.72. The summed E-state index contributed by atoms with van der Waals surface area (Å²) in [5, 5.41) is 6.08. The van der Waals surface area contributed by atoms with Gasteiger partial charge >= 0.3 is 0 Å². The number of hydrogen-bond donors (Lipinski definition) is 2. The van der Waals surface area contributed by atoms with Gasteiger partial charge in [0.2, 0.25) is 5.95 Å². The Morgan fingerprint density at radius 3 is 2.71 bits per heavy atom. The molecule has 0 unspecified atom stereocenters. The second-order valence-electron chi connectivity index (χ2n) is 6.37. The molecular weight excluding hydrogens is 352 g/mol. The third-order valence-corrected chi connectivity index (χ3v) is 4.45. The van der Waals surface area contributed by atoms with Gasteiger partial charge in [-0.25, -0.2) is 9.97 Å². The van der Waals surface area contributed by atoms with Crippen molar-refractivity contribution in [3.8, 4) is 5.75 Å². The Morgan fingerprint density at radius 1 is 1.14 bits per heavy atom. The molecule has 0 atom stereocenters. The van der Waals surface area contributed by atoms with Gasteiger partial charge < -0.3 is 15.4 Å². The van der Waals surface area contributed by atoms with E-state index in [2.05, 4.69) is 27.5 Å². The number of nitrogens with one attached hydrogen (secondary N) is 2. The summed E-state index contributed by atoms with van der Waals surface area (Å²) in [6, 6.07) is 15.6. The molecule has 144 valence electrons.